The van der Waals surface area contributed by atoms with E-state index in [4.69, 9.17) is 5.73 Å². The first kappa shape index (κ1) is 9.27. The van der Waals surface area contributed by atoms with Crippen LogP contribution in [0.1, 0.15) is 24.0 Å². The fraction of sp³-hybridized carbons (Fsp3) is 0.364. The van der Waals surface area contributed by atoms with Crippen LogP contribution in [-0.4, -0.2) is 0 Å². The van der Waals surface area contributed by atoms with Gasteiger partial charge in [-0.15, -0.1) is 0 Å². The third kappa shape index (κ3) is 2.35. The molecule has 0 fully saturated rings. The number of nitrogens with two attached hydrogens (primary N) is 1. The maximum Gasteiger partial charge on any atom is 0.0180 e. The highest BCUT2D eigenvalue weighted by molar-refractivity contribution is 5.26. The van der Waals surface area contributed by atoms with Crippen molar-refractivity contribution < 1.29 is 0 Å². The SMILES string of the molecule is [CH2]CCCc1ccccc1CN. The van der Waals surface area contributed by atoms with Gasteiger partial charge in [0.2, 0.25) is 0 Å². The van der Waals surface area contributed by atoms with Crippen LogP contribution in [0.3, 0.4) is 0 Å². The van der Waals surface area contributed by atoms with Crippen LogP contribution in [-0.2, 0) is 13.0 Å². The molecule has 1 radical (unpaired) electrons. The van der Waals surface area contributed by atoms with Gasteiger partial charge in [0.25, 0.3) is 0 Å². The van der Waals surface area contributed by atoms with E-state index in [9.17, 15) is 0 Å². The summed E-state index contributed by atoms with van der Waals surface area (Å²) in [5.41, 5.74) is 8.25. The van der Waals surface area contributed by atoms with Crippen LogP contribution in [0.2, 0.25) is 0 Å². The molecule has 1 rings (SSSR count). The van der Waals surface area contributed by atoms with Crippen molar-refractivity contribution in [1.29, 1.82) is 0 Å². The van der Waals surface area contributed by atoms with Gasteiger partial charge < -0.3 is 5.73 Å². The van der Waals surface area contributed by atoms with E-state index in [1.165, 1.54) is 11.1 Å². The zero-order valence-corrected chi connectivity index (χ0v) is 7.42. The predicted molar refractivity (Wildman–Crippen MR) is 52.6 cm³/mol. The molecule has 0 amide bonds. The van der Waals surface area contributed by atoms with Crippen LogP contribution < -0.4 is 5.73 Å². The number of benzene rings is 1. The Morgan fingerprint density at radius 2 is 1.83 bits per heavy atom. The minimum absolute atomic E-state index is 0.646. The molecule has 0 unspecified atom stereocenters. The number of unbranched alkanes of at least 4 members (excludes halogenated alkanes) is 1. The largest absolute Gasteiger partial charge is 0.326 e. The maximum absolute atomic E-state index is 5.61. The average molecular weight is 162 g/mol. The standard InChI is InChI=1S/C11H16N/c1-2-3-6-10-7-4-5-8-11(10)9-12/h4-5,7-8H,1-3,6,9,12H2. The number of hydrogen-bond donors (Lipinski definition) is 1. The second-order valence-electron chi connectivity index (χ2n) is 2.93. The average Bonchev–Trinajstić information content (AvgIpc) is 2.15. The second-order valence-corrected chi connectivity index (χ2v) is 2.93. The summed E-state index contributed by atoms with van der Waals surface area (Å²) in [5.74, 6) is 0. The van der Waals surface area contributed by atoms with Crippen LogP contribution in [0.4, 0.5) is 0 Å². The van der Waals surface area contributed by atoms with Crippen molar-refractivity contribution in [3.8, 4) is 0 Å². The molecule has 0 aliphatic carbocycles. The Kier molecular flexibility index (Phi) is 3.81. The molecule has 0 aliphatic heterocycles. The topological polar surface area (TPSA) is 26.0 Å². The van der Waals surface area contributed by atoms with Crippen molar-refractivity contribution in [2.75, 3.05) is 0 Å². The van der Waals surface area contributed by atoms with Gasteiger partial charge in [-0.05, 0) is 24.0 Å². The monoisotopic (exact) mass is 162 g/mol. The summed E-state index contributed by atoms with van der Waals surface area (Å²) in [7, 11) is 0. The molecule has 0 atom stereocenters. The molecule has 0 bridgehead atoms. The van der Waals surface area contributed by atoms with E-state index in [1.54, 1.807) is 0 Å². The molecule has 1 aromatic carbocycles. The summed E-state index contributed by atoms with van der Waals surface area (Å²) < 4.78 is 0. The van der Waals surface area contributed by atoms with Gasteiger partial charge in [0.05, 0.1) is 0 Å². The Morgan fingerprint density at radius 1 is 1.17 bits per heavy atom. The van der Waals surface area contributed by atoms with E-state index in [2.05, 4.69) is 25.1 Å². The molecule has 0 saturated carbocycles. The lowest BCUT2D eigenvalue weighted by Gasteiger charge is -2.05. The molecular formula is C11H16N. The lowest BCUT2D eigenvalue weighted by molar-refractivity contribution is 0.827. The Bertz CT molecular complexity index is 230. The Balaban J connectivity index is 2.68. The minimum Gasteiger partial charge on any atom is -0.326 e. The van der Waals surface area contributed by atoms with Crippen LogP contribution in [0, 0.1) is 6.92 Å². The third-order valence-electron chi connectivity index (χ3n) is 2.03. The molecule has 65 valence electrons. The quantitative estimate of drug-likeness (QED) is 0.722. The van der Waals surface area contributed by atoms with Gasteiger partial charge in [-0.2, -0.15) is 0 Å². The molecule has 1 nitrogen and oxygen atoms in total. The Morgan fingerprint density at radius 3 is 2.42 bits per heavy atom. The van der Waals surface area contributed by atoms with Crippen molar-refractivity contribution in [1.82, 2.24) is 0 Å². The normalized spacial score (nSPS) is 10.2. The van der Waals surface area contributed by atoms with Crippen LogP contribution in [0.15, 0.2) is 24.3 Å². The summed E-state index contributed by atoms with van der Waals surface area (Å²) in [4.78, 5) is 0. The van der Waals surface area contributed by atoms with Gasteiger partial charge in [-0.25, -0.2) is 0 Å². The van der Waals surface area contributed by atoms with E-state index in [-0.39, 0.29) is 0 Å². The molecular weight excluding hydrogens is 146 g/mol. The fourth-order valence-corrected chi connectivity index (χ4v) is 1.32. The molecule has 0 heterocycles. The highest BCUT2D eigenvalue weighted by Crippen LogP contribution is 2.10. The first-order valence-electron chi connectivity index (χ1n) is 4.44. The van der Waals surface area contributed by atoms with E-state index in [0.29, 0.717) is 6.54 Å². The highest BCUT2D eigenvalue weighted by atomic mass is 14.5. The molecule has 0 saturated heterocycles. The first-order chi connectivity index (χ1) is 5.88. The van der Waals surface area contributed by atoms with Crippen LogP contribution in [0.5, 0.6) is 0 Å². The predicted octanol–water partition coefficient (Wildman–Crippen LogP) is 2.30. The van der Waals surface area contributed by atoms with Gasteiger partial charge in [-0.3, -0.25) is 0 Å². The molecule has 2 N–H and O–H groups in total. The summed E-state index contributed by atoms with van der Waals surface area (Å²) in [6.07, 6.45) is 3.26. The van der Waals surface area contributed by atoms with Crippen molar-refractivity contribution in [3.63, 3.8) is 0 Å². The number of rotatable bonds is 4. The van der Waals surface area contributed by atoms with E-state index < -0.39 is 0 Å². The van der Waals surface area contributed by atoms with Gasteiger partial charge in [0, 0.05) is 6.54 Å². The Hall–Kier alpha value is -0.820. The fourth-order valence-electron chi connectivity index (χ4n) is 1.32. The van der Waals surface area contributed by atoms with E-state index >= 15 is 0 Å². The molecule has 0 spiro atoms. The van der Waals surface area contributed by atoms with Gasteiger partial charge in [-0.1, -0.05) is 37.6 Å². The van der Waals surface area contributed by atoms with Crippen molar-refractivity contribution in [2.45, 2.75) is 25.8 Å². The summed E-state index contributed by atoms with van der Waals surface area (Å²) in [6.45, 7) is 4.47. The maximum atomic E-state index is 5.61. The molecule has 0 aromatic heterocycles. The minimum atomic E-state index is 0.646. The first-order valence-corrected chi connectivity index (χ1v) is 4.44. The van der Waals surface area contributed by atoms with Crippen LogP contribution in [0.25, 0.3) is 0 Å². The molecule has 0 aliphatic rings. The van der Waals surface area contributed by atoms with E-state index in [0.717, 1.165) is 19.3 Å². The third-order valence-corrected chi connectivity index (χ3v) is 2.03. The van der Waals surface area contributed by atoms with E-state index in [1.807, 2.05) is 6.07 Å². The molecule has 1 heteroatoms. The molecule has 1 aromatic rings. The zero-order chi connectivity index (χ0) is 8.81. The lowest BCUT2D eigenvalue weighted by atomic mass is 10.0. The van der Waals surface area contributed by atoms with Crippen molar-refractivity contribution >= 4 is 0 Å². The number of aryl methyl sites for hydroxylation is 1. The summed E-state index contributed by atoms with van der Waals surface area (Å²) in [5, 5.41) is 0. The van der Waals surface area contributed by atoms with Crippen molar-refractivity contribution in [3.05, 3.63) is 42.3 Å². The van der Waals surface area contributed by atoms with Gasteiger partial charge in [0.15, 0.2) is 0 Å². The van der Waals surface area contributed by atoms with Crippen molar-refractivity contribution in [2.24, 2.45) is 5.73 Å². The summed E-state index contributed by atoms with van der Waals surface area (Å²) in [6, 6.07) is 8.35. The number of hydrogen-bond acceptors (Lipinski definition) is 1. The smallest absolute Gasteiger partial charge is 0.0180 e. The molecule has 12 heavy (non-hydrogen) atoms. The zero-order valence-electron chi connectivity index (χ0n) is 7.42. The van der Waals surface area contributed by atoms with Gasteiger partial charge in [0.1, 0.15) is 0 Å². The Labute approximate surface area is 74.6 Å². The second kappa shape index (κ2) is 4.94. The van der Waals surface area contributed by atoms with Crippen LogP contribution >= 0.6 is 0 Å². The van der Waals surface area contributed by atoms with Gasteiger partial charge >= 0.3 is 0 Å². The highest BCUT2D eigenvalue weighted by Gasteiger charge is 1.97. The lowest BCUT2D eigenvalue weighted by Crippen LogP contribution is -2.00. The summed E-state index contributed by atoms with van der Waals surface area (Å²) >= 11 is 0.